The molecule has 0 spiro atoms. The Hall–Kier alpha value is -1.53. The van der Waals surface area contributed by atoms with Crippen molar-refractivity contribution in [1.82, 2.24) is 4.90 Å². The van der Waals surface area contributed by atoms with Gasteiger partial charge in [0.25, 0.3) is 0 Å². The number of piperidine rings is 1. The van der Waals surface area contributed by atoms with E-state index < -0.39 is 0 Å². The van der Waals surface area contributed by atoms with Crippen LogP contribution in [0.15, 0.2) is 18.2 Å². The van der Waals surface area contributed by atoms with Crippen molar-refractivity contribution >= 4 is 5.69 Å². The SMILES string of the molecule is Cc1cc(N)ccc1C1CCN(CCC#N)CC1. The van der Waals surface area contributed by atoms with E-state index in [1.807, 2.05) is 6.07 Å². The average Bonchev–Trinajstić information content (AvgIpc) is 2.37. The summed E-state index contributed by atoms with van der Waals surface area (Å²) in [4.78, 5) is 2.40. The summed E-state index contributed by atoms with van der Waals surface area (Å²) in [5, 5.41) is 8.60. The normalized spacial score (nSPS) is 17.6. The zero-order chi connectivity index (χ0) is 13.0. The van der Waals surface area contributed by atoms with Crippen molar-refractivity contribution in [2.75, 3.05) is 25.4 Å². The second-order valence-electron chi connectivity index (χ2n) is 5.14. The molecule has 1 aromatic rings. The zero-order valence-electron chi connectivity index (χ0n) is 11.0. The molecule has 0 bridgehead atoms. The second kappa shape index (κ2) is 5.88. The molecule has 0 saturated carbocycles. The molecular formula is C15H21N3. The molecular weight excluding hydrogens is 222 g/mol. The topological polar surface area (TPSA) is 53.0 Å². The van der Waals surface area contributed by atoms with E-state index in [2.05, 4.69) is 30.0 Å². The zero-order valence-corrected chi connectivity index (χ0v) is 11.0. The monoisotopic (exact) mass is 243 g/mol. The molecule has 2 rings (SSSR count). The van der Waals surface area contributed by atoms with Crippen LogP contribution >= 0.6 is 0 Å². The fraction of sp³-hybridized carbons (Fsp3) is 0.533. The highest BCUT2D eigenvalue weighted by molar-refractivity contribution is 5.45. The lowest BCUT2D eigenvalue weighted by molar-refractivity contribution is 0.216. The van der Waals surface area contributed by atoms with E-state index >= 15 is 0 Å². The summed E-state index contributed by atoms with van der Waals surface area (Å²) in [6, 6.07) is 8.47. The quantitative estimate of drug-likeness (QED) is 0.830. The van der Waals surface area contributed by atoms with Gasteiger partial charge >= 0.3 is 0 Å². The Balaban J connectivity index is 1.95. The summed E-state index contributed by atoms with van der Waals surface area (Å²) in [7, 11) is 0. The molecule has 1 aliphatic rings. The molecule has 0 aromatic heterocycles. The molecule has 3 heteroatoms. The summed E-state index contributed by atoms with van der Waals surface area (Å²) in [6.07, 6.45) is 3.03. The van der Waals surface area contributed by atoms with E-state index in [1.165, 1.54) is 24.0 Å². The van der Waals surface area contributed by atoms with Gasteiger partial charge in [-0.05, 0) is 62.0 Å². The number of aryl methyl sites for hydroxylation is 1. The molecule has 0 aliphatic carbocycles. The molecule has 0 unspecified atom stereocenters. The molecule has 0 amide bonds. The summed E-state index contributed by atoms with van der Waals surface area (Å²) in [5.74, 6) is 0.656. The Morgan fingerprint density at radius 1 is 1.39 bits per heavy atom. The number of nitrogens with two attached hydrogens (primary N) is 1. The summed E-state index contributed by atoms with van der Waals surface area (Å²) < 4.78 is 0. The maximum absolute atomic E-state index is 8.60. The number of rotatable bonds is 3. The number of anilines is 1. The molecule has 1 heterocycles. The van der Waals surface area contributed by atoms with E-state index in [0.717, 1.165) is 25.3 Å². The van der Waals surface area contributed by atoms with Crippen LogP contribution in [0, 0.1) is 18.3 Å². The molecule has 96 valence electrons. The Morgan fingerprint density at radius 2 is 2.11 bits per heavy atom. The van der Waals surface area contributed by atoms with Crippen molar-refractivity contribution in [2.24, 2.45) is 0 Å². The molecule has 1 fully saturated rings. The summed E-state index contributed by atoms with van der Waals surface area (Å²) in [6.45, 7) is 5.28. The van der Waals surface area contributed by atoms with E-state index in [-0.39, 0.29) is 0 Å². The third-order valence-corrected chi connectivity index (χ3v) is 3.86. The summed E-state index contributed by atoms with van der Waals surface area (Å²) in [5.41, 5.74) is 9.40. The largest absolute Gasteiger partial charge is 0.399 e. The van der Waals surface area contributed by atoms with Crippen molar-refractivity contribution in [1.29, 1.82) is 5.26 Å². The lowest BCUT2D eigenvalue weighted by Gasteiger charge is -2.32. The first-order valence-corrected chi connectivity index (χ1v) is 6.66. The maximum atomic E-state index is 8.60. The van der Waals surface area contributed by atoms with Gasteiger partial charge in [0.15, 0.2) is 0 Å². The van der Waals surface area contributed by atoms with Gasteiger partial charge < -0.3 is 10.6 Å². The highest BCUT2D eigenvalue weighted by Gasteiger charge is 2.21. The molecule has 1 saturated heterocycles. The lowest BCUT2D eigenvalue weighted by atomic mass is 9.86. The van der Waals surface area contributed by atoms with E-state index in [1.54, 1.807) is 0 Å². The van der Waals surface area contributed by atoms with Gasteiger partial charge in [0.05, 0.1) is 6.07 Å². The van der Waals surface area contributed by atoms with Gasteiger partial charge in [-0.25, -0.2) is 0 Å². The minimum absolute atomic E-state index is 0.644. The smallest absolute Gasteiger partial charge is 0.0635 e. The molecule has 18 heavy (non-hydrogen) atoms. The highest BCUT2D eigenvalue weighted by atomic mass is 15.1. The second-order valence-corrected chi connectivity index (χ2v) is 5.14. The summed E-state index contributed by atoms with van der Waals surface area (Å²) >= 11 is 0. The third-order valence-electron chi connectivity index (χ3n) is 3.86. The fourth-order valence-electron chi connectivity index (χ4n) is 2.83. The van der Waals surface area contributed by atoms with Crippen molar-refractivity contribution in [3.05, 3.63) is 29.3 Å². The number of nitrogen functional groups attached to an aromatic ring is 1. The standard InChI is InChI=1S/C15H21N3/c1-12-11-14(17)3-4-15(12)13-5-9-18(10-6-13)8-2-7-16/h3-4,11,13H,2,5-6,8-10,17H2,1H3. The molecule has 2 N–H and O–H groups in total. The number of likely N-dealkylation sites (tertiary alicyclic amines) is 1. The highest BCUT2D eigenvalue weighted by Crippen LogP contribution is 2.30. The molecule has 3 nitrogen and oxygen atoms in total. The van der Waals surface area contributed by atoms with E-state index in [4.69, 9.17) is 11.0 Å². The molecule has 1 aromatic carbocycles. The first-order valence-electron chi connectivity index (χ1n) is 6.66. The van der Waals surface area contributed by atoms with Gasteiger partial charge in [-0.1, -0.05) is 6.07 Å². The van der Waals surface area contributed by atoms with Gasteiger partial charge in [-0.3, -0.25) is 0 Å². The minimum atomic E-state index is 0.644. The molecule has 1 aliphatic heterocycles. The number of nitriles is 1. The van der Waals surface area contributed by atoms with Crippen LogP contribution in [0.1, 0.15) is 36.3 Å². The van der Waals surface area contributed by atoms with Crippen LogP contribution in [0.2, 0.25) is 0 Å². The van der Waals surface area contributed by atoms with Crippen LogP contribution < -0.4 is 5.73 Å². The first-order chi connectivity index (χ1) is 8.70. The van der Waals surface area contributed by atoms with Crippen molar-refractivity contribution in [2.45, 2.75) is 32.1 Å². The van der Waals surface area contributed by atoms with Gasteiger partial charge in [-0.15, -0.1) is 0 Å². The molecule has 0 atom stereocenters. The predicted octanol–water partition coefficient (Wildman–Crippen LogP) is 2.67. The predicted molar refractivity (Wildman–Crippen MR) is 74.2 cm³/mol. The number of benzene rings is 1. The Bertz CT molecular complexity index is 440. The van der Waals surface area contributed by atoms with Gasteiger partial charge in [0, 0.05) is 18.7 Å². The van der Waals surface area contributed by atoms with Crippen LogP contribution in [-0.2, 0) is 0 Å². The Morgan fingerprint density at radius 3 is 2.72 bits per heavy atom. The van der Waals surface area contributed by atoms with E-state index in [9.17, 15) is 0 Å². The number of hydrogen-bond acceptors (Lipinski definition) is 3. The molecule has 0 radical (unpaired) electrons. The van der Waals surface area contributed by atoms with Gasteiger partial charge in [-0.2, -0.15) is 5.26 Å². The maximum Gasteiger partial charge on any atom is 0.0635 e. The van der Waals surface area contributed by atoms with Crippen molar-refractivity contribution in [3.63, 3.8) is 0 Å². The van der Waals surface area contributed by atoms with Crippen LogP contribution in [0.25, 0.3) is 0 Å². The van der Waals surface area contributed by atoms with Crippen LogP contribution in [-0.4, -0.2) is 24.5 Å². The van der Waals surface area contributed by atoms with Crippen molar-refractivity contribution in [3.8, 4) is 6.07 Å². The van der Waals surface area contributed by atoms with Crippen LogP contribution in [0.4, 0.5) is 5.69 Å². The Kier molecular flexibility index (Phi) is 4.22. The average molecular weight is 243 g/mol. The first kappa shape index (κ1) is 12.9. The number of hydrogen-bond donors (Lipinski definition) is 1. The Labute approximate surface area is 109 Å². The van der Waals surface area contributed by atoms with Crippen molar-refractivity contribution < 1.29 is 0 Å². The number of nitrogens with zero attached hydrogens (tertiary/aromatic N) is 2. The lowest BCUT2D eigenvalue weighted by Crippen LogP contribution is -2.33. The minimum Gasteiger partial charge on any atom is -0.399 e. The van der Waals surface area contributed by atoms with Gasteiger partial charge in [0.1, 0.15) is 0 Å². The van der Waals surface area contributed by atoms with E-state index in [0.29, 0.717) is 12.3 Å². The van der Waals surface area contributed by atoms with Crippen LogP contribution in [0.3, 0.4) is 0 Å². The van der Waals surface area contributed by atoms with Crippen LogP contribution in [0.5, 0.6) is 0 Å². The van der Waals surface area contributed by atoms with Gasteiger partial charge in [0.2, 0.25) is 0 Å². The third kappa shape index (κ3) is 3.02. The fourth-order valence-corrected chi connectivity index (χ4v) is 2.83.